The molecule has 8 heteroatoms. The molecule has 1 aromatic carbocycles. The predicted octanol–water partition coefficient (Wildman–Crippen LogP) is 2.76. The normalized spacial score (nSPS) is 18.1. The summed E-state index contributed by atoms with van der Waals surface area (Å²) in [6.07, 6.45) is 5.49. The zero-order valence-corrected chi connectivity index (χ0v) is 14.5. The van der Waals surface area contributed by atoms with Gasteiger partial charge in [-0.1, -0.05) is 41.1 Å². The van der Waals surface area contributed by atoms with Gasteiger partial charge in [-0.05, 0) is 29.8 Å². The number of aromatic nitrogens is 2. The monoisotopic (exact) mass is 369 g/mol. The van der Waals surface area contributed by atoms with Crippen molar-refractivity contribution in [2.24, 2.45) is 10.9 Å². The van der Waals surface area contributed by atoms with Crippen molar-refractivity contribution in [2.45, 2.75) is 6.54 Å². The molecule has 0 saturated heterocycles. The van der Waals surface area contributed by atoms with Crippen LogP contribution in [0.3, 0.4) is 0 Å². The molecule has 4 rings (SSSR count). The fourth-order valence-electron chi connectivity index (χ4n) is 2.88. The summed E-state index contributed by atoms with van der Waals surface area (Å²) >= 11 is 7.25. The summed E-state index contributed by atoms with van der Waals surface area (Å²) < 4.78 is 0. The highest BCUT2D eigenvalue weighted by Crippen LogP contribution is 2.39. The Morgan fingerprint density at radius 3 is 2.72 bits per heavy atom. The summed E-state index contributed by atoms with van der Waals surface area (Å²) in [6.45, 7) is 0.416. The first-order valence-electron chi connectivity index (χ1n) is 7.43. The van der Waals surface area contributed by atoms with Gasteiger partial charge in [0.25, 0.3) is 5.91 Å². The Morgan fingerprint density at radius 1 is 1.24 bits per heavy atom. The lowest BCUT2D eigenvalue weighted by Gasteiger charge is -2.21. The lowest BCUT2D eigenvalue weighted by atomic mass is 9.99. The summed E-state index contributed by atoms with van der Waals surface area (Å²) in [5.41, 5.74) is 5.06. The molecule has 2 N–H and O–H groups in total. The number of hydrogen-bond donors (Lipinski definition) is 1. The van der Waals surface area contributed by atoms with E-state index in [9.17, 15) is 4.79 Å². The Labute approximate surface area is 152 Å². The van der Waals surface area contributed by atoms with Crippen LogP contribution in [0.4, 0.5) is 0 Å². The maximum atomic E-state index is 13.1. The number of allylic oxidation sites excluding steroid dienone is 4. The Hall–Kier alpha value is -2.77. The molecule has 2 heterocycles. The minimum atomic E-state index is -0.141. The van der Waals surface area contributed by atoms with Crippen LogP contribution in [0.2, 0.25) is 5.02 Å². The Balaban J connectivity index is 1.79. The number of hydrazone groups is 1. The van der Waals surface area contributed by atoms with Gasteiger partial charge >= 0.3 is 0 Å². The third-order valence-corrected chi connectivity index (χ3v) is 4.95. The van der Waals surface area contributed by atoms with E-state index >= 15 is 0 Å². The molecule has 1 aliphatic carbocycles. The number of hydrogen-bond acceptors (Lipinski definition) is 6. The molecule has 0 bridgehead atoms. The smallest absolute Gasteiger partial charge is 0.262 e. The number of nitrogens with zero attached hydrogens (tertiary/aromatic N) is 4. The molecule has 124 valence electrons. The highest BCUT2D eigenvalue weighted by Gasteiger charge is 2.39. The van der Waals surface area contributed by atoms with Crippen molar-refractivity contribution >= 4 is 40.1 Å². The molecule has 2 aliphatic rings. The zero-order chi connectivity index (χ0) is 17.4. The van der Waals surface area contributed by atoms with Crippen molar-refractivity contribution in [3.05, 3.63) is 74.9 Å². The average Bonchev–Trinajstić information content (AvgIpc) is 3.24. The van der Waals surface area contributed by atoms with Crippen LogP contribution in [0.5, 0.6) is 0 Å². The fourth-order valence-corrected chi connectivity index (χ4v) is 3.60. The molecule has 1 aliphatic heterocycles. The largest absolute Gasteiger partial charge is 0.323 e. The van der Waals surface area contributed by atoms with Gasteiger partial charge in [0.2, 0.25) is 0 Å². The third-order valence-electron chi connectivity index (χ3n) is 3.99. The zero-order valence-electron chi connectivity index (χ0n) is 12.9. The van der Waals surface area contributed by atoms with Gasteiger partial charge in [-0.25, -0.2) is 0 Å². The summed E-state index contributed by atoms with van der Waals surface area (Å²) in [5.74, 6) is 5.39. The van der Waals surface area contributed by atoms with E-state index in [0.717, 1.165) is 11.3 Å². The first kappa shape index (κ1) is 15.7. The van der Waals surface area contributed by atoms with Gasteiger partial charge in [-0.2, -0.15) is 5.10 Å². The van der Waals surface area contributed by atoms with Crippen LogP contribution in [0, 0.1) is 0 Å². The van der Waals surface area contributed by atoms with E-state index in [1.807, 2.05) is 24.3 Å². The van der Waals surface area contributed by atoms with Gasteiger partial charge in [0, 0.05) is 10.6 Å². The third kappa shape index (κ3) is 2.67. The van der Waals surface area contributed by atoms with Crippen molar-refractivity contribution in [2.75, 3.05) is 0 Å². The van der Waals surface area contributed by atoms with Gasteiger partial charge < -0.3 is 10.7 Å². The first-order valence-corrected chi connectivity index (χ1v) is 8.69. The van der Waals surface area contributed by atoms with E-state index in [1.54, 1.807) is 28.6 Å². The molecule has 0 spiro atoms. The van der Waals surface area contributed by atoms with Crippen molar-refractivity contribution in [3.8, 4) is 0 Å². The van der Waals surface area contributed by atoms with Crippen LogP contribution in [0.25, 0.3) is 5.57 Å². The molecule has 0 radical (unpaired) electrons. The van der Waals surface area contributed by atoms with E-state index in [4.69, 9.17) is 17.4 Å². The van der Waals surface area contributed by atoms with Gasteiger partial charge in [-0.3, -0.25) is 4.79 Å². The maximum Gasteiger partial charge on any atom is 0.262 e. The number of amides is 1. The topological polar surface area (TPSA) is 84.5 Å². The van der Waals surface area contributed by atoms with E-state index in [1.165, 1.54) is 11.3 Å². The lowest BCUT2D eigenvalue weighted by Crippen LogP contribution is -2.26. The maximum absolute atomic E-state index is 13.1. The molecule has 2 aromatic rings. The van der Waals surface area contributed by atoms with E-state index in [-0.39, 0.29) is 5.91 Å². The second-order valence-electron chi connectivity index (χ2n) is 5.44. The average molecular weight is 370 g/mol. The van der Waals surface area contributed by atoms with Crippen molar-refractivity contribution in [1.82, 2.24) is 15.1 Å². The first-order chi connectivity index (χ1) is 12.2. The lowest BCUT2D eigenvalue weighted by molar-refractivity contribution is -0.122. The van der Waals surface area contributed by atoms with Gasteiger partial charge in [-0.15, -0.1) is 10.2 Å². The molecule has 0 saturated carbocycles. The molecule has 0 atom stereocenters. The molecular weight excluding hydrogens is 358 g/mol. The van der Waals surface area contributed by atoms with Crippen molar-refractivity contribution < 1.29 is 4.79 Å². The number of halogens is 1. The van der Waals surface area contributed by atoms with Gasteiger partial charge in [0.05, 0.1) is 23.5 Å². The Bertz CT molecular complexity index is 957. The second-order valence-corrected chi connectivity index (χ2v) is 6.71. The summed E-state index contributed by atoms with van der Waals surface area (Å²) in [6, 6.07) is 7.41. The number of fused-ring (bicyclic) bond motifs is 1. The molecule has 0 fully saturated rings. The van der Waals surface area contributed by atoms with Gasteiger partial charge in [0.1, 0.15) is 5.51 Å². The number of carbonyl (C=O) groups excluding carboxylic acids is 1. The SMILES string of the molecule is NN=C1C=CC=C2C1=C(c1nncs1)C(=O)N2Cc1ccc(Cl)cc1. The predicted molar refractivity (Wildman–Crippen MR) is 97.7 cm³/mol. The minimum Gasteiger partial charge on any atom is -0.323 e. The Morgan fingerprint density at radius 2 is 2.04 bits per heavy atom. The summed E-state index contributed by atoms with van der Waals surface area (Å²) in [5, 5.41) is 12.9. The number of rotatable bonds is 3. The Kier molecular flexibility index (Phi) is 3.95. The highest BCUT2D eigenvalue weighted by atomic mass is 35.5. The van der Waals surface area contributed by atoms with Crippen LogP contribution in [0.15, 0.2) is 64.4 Å². The molecule has 1 amide bonds. The molecular formula is C17H12ClN5OS. The second kappa shape index (κ2) is 6.27. The summed E-state index contributed by atoms with van der Waals surface area (Å²) in [4.78, 5) is 14.8. The van der Waals surface area contributed by atoms with Crippen LogP contribution >= 0.6 is 22.9 Å². The molecule has 25 heavy (non-hydrogen) atoms. The van der Waals surface area contributed by atoms with Gasteiger partial charge in [0.15, 0.2) is 5.01 Å². The molecule has 0 unspecified atom stereocenters. The number of carbonyl (C=O) groups is 1. The molecule has 6 nitrogen and oxygen atoms in total. The van der Waals surface area contributed by atoms with E-state index in [0.29, 0.717) is 33.4 Å². The van der Waals surface area contributed by atoms with Crippen LogP contribution in [-0.4, -0.2) is 26.7 Å². The van der Waals surface area contributed by atoms with Crippen LogP contribution in [0.1, 0.15) is 10.6 Å². The number of benzene rings is 1. The standard InChI is InChI=1S/C17H12ClN5OS/c18-11-6-4-10(5-7-11)8-23-13-3-1-2-12(21-19)14(13)15(17(23)24)16-22-20-9-25-16/h1-7,9H,8,19H2. The fraction of sp³-hybridized carbons (Fsp3) is 0.0588. The van der Waals surface area contributed by atoms with E-state index < -0.39 is 0 Å². The van der Waals surface area contributed by atoms with Crippen LogP contribution in [-0.2, 0) is 11.3 Å². The summed E-state index contributed by atoms with van der Waals surface area (Å²) in [7, 11) is 0. The number of nitrogens with two attached hydrogens (primary N) is 1. The van der Waals surface area contributed by atoms with Crippen molar-refractivity contribution in [3.63, 3.8) is 0 Å². The quantitative estimate of drug-likeness (QED) is 0.666. The highest BCUT2D eigenvalue weighted by molar-refractivity contribution is 7.10. The minimum absolute atomic E-state index is 0.141. The van der Waals surface area contributed by atoms with Crippen molar-refractivity contribution in [1.29, 1.82) is 0 Å². The van der Waals surface area contributed by atoms with E-state index in [2.05, 4.69) is 15.3 Å². The molecule has 1 aromatic heterocycles. The van der Waals surface area contributed by atoms with Crippen LogP contribution < -0.4 is 5.84 Å².